The maximum absolute atomic E-state index is 12.5. The van der Waals surface area contributed by atoms with Gasteiger partial charge in [0, 0.05) is 36.8 Å². The quantitative estimate of drug-likeness (QED) is 0.621. The number of imidazole rings is 1. The monoisotopic (exact) mass is 424 g/mol. The van der Waals surface area contributed by atoms with Gasteiger partial charge in [-0.2, -0.15) is 5.10 Å². The molecule has 0 radical (unpaired) electrons. The van der Waals surface area contributed by atoms with E-state index >= 15 is 0 Å². The molecule has 164 valence electrons. The lowest BCUT2D eigenvalue weighted by molar-refractivity contribution is -0.133. The Labute approximate surface area is 180 Å². The van der Waals surface area contributed by atoms with Gasteiger partial charge in [0.2, 0.25) is 11.8 Å². The Kier molecular flexibility index (Phi) is 5.75. The minimum absolute atomic E-state index is 0.0216. The molecule has 31 heavy (non-hydrogen) atoms. The number of carbonyl (C=O) groups excluding carboxylic acids is 1. The number of fused-ring (bicyclic) bond motifs is 1. The van der Waals surface area contributed by atoms with Crippen LogP contribution in [0.15, 0.2) is 41.5 Å². The molecule has 1 aliphatic heterocycles. The average Bonchev–Trinajstić information content (AvgIpc) is 3.18. The third-order valence-corrected chi connectivity index (χ3v) is 5.57. The Balaban J connectivity index is 1.29. The van der Waals surface area contributed by atoms with Crippen LogP contribution in [0.2, 0.25) is 0 Å². The molecule has 0 N–H and O–H groups in total. The van der Waals surface area contributed by atoms with Crippen LogP contribution in [-0.2, 0) is 16.8 Å². The second-order valence-electron chi connectivity index (χ2n) is 9.01. The molecule has 0 atom stereocenters. The smallest absolute Gasteiger partial charge is 0.267 e. The molecule has 3 aromatic rings. The van der Waals surface area contributed by atoms with Crippen molar-refractivity contribution in [1.82, 2.24) is 29.3 Å². The van der Waals surface area contributed by atoms with Gasteiger partial charge in [-0.25, -0.2) is 14.2 Å². The normalized spacial score (nSPS) is 15.4. The van der Waals surface area contributed by atoms with Gasteiger partial charge in [-0.05, 0) is 30.9 Å². The highest BCUT2D eigenvalue weighted by atomic mass is 16.5. The molecule has 4 heterocycles. The average molecular weight is 425 g/mol. The van der Waals surface area contributed by atoms with Crippen molar-refractivity contribution in [2.24, 2.45) is 5.92 Å². The van der Waals surface area contributed by atoms with Crippen molar-refractivity contribution in [3.8, 4) is 5.88 Å². The van der Waals surface area contributed by atoms with E-state index in [4.69, 9.17) is 4.74 Å². The highest BCUT2D eigenvalue weighted by Crippen LogP contribution is 2.23. The SMILES string of the molecule is CC(C)(C)c1cn2nc(OCC3CCN(C(=O)Cn4ncccc4=O)CC3)ccc2n1. The van der Waals surface area contributed by atoms with Crippen LogP contribution in [0, 0.1) is 5.92 Å². The van der Waals surface area contributed by atoms with Crippen LogP contribution in [0.3, 0.4) is 0 Å². The largest absolute Gasteiger partial charge is 0.476 e. The summed E-state index contributed by atoms with van der Waals surface area (Å²) in [5, 5.41) is 8.47. The minimum Gasteiger partial charge on any atom is -0.476 e. The molecule has 1 fully saturated rings. The molecule has 1 aliphatic rings. The highest BCUT2D eigenvalue weighted by molar-refractivity contribution is 5.75. The minimum atomic E-state index is -0.267. The number of aromatic nitrogens is 5. The third kappa shape index (κ3) is 4.92. The molecule has 0 unspecified atom stereocenters. The van der Waals surface area contributed by atoms with E-state index < -0.39 is 0 Å². The van der Waals surface area contributed by atoms with Crippen molar-refractivity contribution in [3.05, 3.63) is 52.7 Å². The van der Waals surface area contributed by atoms with E-state index in [2.05, 4.69) is 36.0 Å². The molecule has 3 aromatic heterocycles. The first-order valence-electron chi connectivity index (χ1n) is 10.6. The lowest BCUT2D eigenvalue weighted by Gasteiger charge is -2.31. The predicted molar refractivity (Wildman–Crippen MR) is 115 cm³/mol. The summed E-state index contributed by atoms with van der Waals surface area (Å²) < 4.78 is 8.89. The van der Waals surface area contributed by atoms with Crippen molar-refractivity contribution >= 4 is 11.6 Å². The fourth-order valence-electron chi connectivity index (χ4n) is 3.59. The zero-order chi connectivity index (χ0) is 22.0. The number of amides is 1. The third-order valence-electron chi connectivity index (χ3n) is 5.57. The van der Waals surface area contributed by atoms with Crippen molar-refractivity contribution in [2.45, 2.75) is 45.6 Å². The van der Waals surface area contributed by atoms with Gasteiger partial charge >= 0.3 is 0 Å². The van der Waals surface area contributed by atoms with Gasteiger partial charge in [-0.15, -0.1) is 5.10 Å². The number of hydrogen-bond acceptors (Lipinski definition) is 6. The maximum Gasteiger partial charge on any atom is 0.267 e. The highest BCUT2D eigenvalue weighted by Gasteiger charge is 2.24. The van der Waals surface area contributed by atoms with Crippen LogP contribution in [0.4, 0.5) is 0 Å². The predicted octanol–water partition coefficient (Wildman–Crippen LogP) is 1.90. The van der Waals surface area contributed by atoms with E-state index in [-0.39, 0.29) is 23.4 Å². The van der Waals surface area contributed by atoms with E-state index in [1.807, 2.05) is 18.3 Å². The Morgan fingerprint density at radius 3 is 2.68 bits per heavy atom. The lowest BCUT2D eigenvalue weighted by atomic mass is 9.93. The molecular formula is C22H28N6O3. The first kappa shape index (κ1) is 21.0. The fraction of sp³-hybridized carbons (Fsp3) is 0.500. The number of nitrogens with zero attached hydrogens (tertiary/aromatic N) is 6. The van der Waals surface area contributed by atoms with E-state index in [0.717, 1.165) is 24.2 Å². The molecule has 0 aromatic carbocycles. The standard InChI is InChI=1S/C22H28N6O3/c1-22(2,3)17-13-27-18(24-17)6-7-19(25-27)31-15-16-8-11-26(12-9-16)21(30)14-28-20(29)5-4-10-23-28/h4-7,10,13,16H,8-9,11-12,14-15H2,1-3H3. The van der Waals surface area contributed by atoms with E-state index in [1.54, 1.807) is 15.5 Å². The molecule has 0 aliphatic carbocycles. The van der Waals surface area contributed by atoms with Crippen LogP contribution >= 0.6 is 0 Å². The van der Waals surface area contributed by atoms with Crippen molar-refractivity contribution in [1.29, 1.82) is 0 Å². The summed E-state index contributed by atoms with van der Waals surface area (Å²) in [4.78, 5) is 30.6. The zero-order valence-corrected chi connectivity index (χ0v) is 18.2. The molecule has 0 bridgehead atoms. The molecular weight excluding hydrogens is 396 g/mol. The fourth-order valence-corrected chi connectivity index (χ4v) is 3.59. The topological polar surface area (TPSA) is 94.6 Å². The summed E-state index contributed by atoms with van der Waals surface area (Å²) in [5.41, 5.74) is 1.49. The molecule has 1 saturated heterocycles. The van der Waals surface area contributed by atoms with E-state index in [0.29, 0.717) is 31.5 Å². The maximum atomic E-state index is 12.5. The summed E-state index contributed by atoms with van der Waals surface area (Å²) in [6, 6.07) is 6.73. The second-order valence-corrected chi connectivity index (χ2v) is 9.01. The molecule has 1 amide bonds. The summed E-state index contributed by atoms with van der Waals surface area (Å²) in [7, 11) is 0. The number of ether oxygens (including phenoxy) is 1. The van der Waals surface area contributed by atoms with E-state index in [9.17, 15) is 9.59 Å². The van der Waals surface area contributed by atoms with Crippen molar-refractivity contribution < 1.29 is 9.53 Å². The Hall–Kier alpha value is -3.23. The summed E-state index contributed by atoms with van der Waals surface area (Å²) in [6.07, 6.45) is 5.16. The Morgan fingerprint density at radius 2 is 1.97 bits per heavy atom. The van der Waals surface area contributed by atoms with Crippen LogP contribution in [0.1, 0.15) is 39.3 Å². The van der Waals surface area contributed by atoms with Crippen LogP contribution in [0.5, 0.6) is 5.88 Å². The Bertz CT molecular complexity index is 1120. The van der Waals surface area contributed by atoms with Crippen LogP contribution in [-0.4, -0.2) is 54.9 Å². The summed E-state index contributed by atoms with van der Waals surface area (Å²) in [5.74, 6) is 0.840. The summed E-state index contributed by atoms with van der Waals surface area (Å²) >= 11 is 0. The van der Waals surface area contributed by atoms with Gasteiger partial charge in [0.25, 0.3) is 5.56 Å². The first-order chi connectivity index (χ1) is 14.8. The van der Waals surface area contributed by atoms with Gasteiger partial charge in [0.15, 0.2) is 5.65 Å². The second kappa shape index (κ2) is 8.49. The first-order valence-corrected chi connectivity index (χ1v) is 10.6. The van der Waals surface area contributed by atoms with Gasteiger partial charge in [0.05, 0.1) is 18.5 Å². The van der Waals surface area contributed by atoms with Crippen LogP contribution < -0.4 is 10.3 Å². The van der Waals surface area contributed by atoms with Gasteiger partial charge in [-0.1, -0.05) is 20.8 Å². The lowest BCUT2D eigenvalue weighted by Crippen LogP contribution is -2.42. The molecule has 0 spiro atoms. The number of rotatable bonds is 5. The van der Waals surface area contributed by atoms with Crippen molar-refractivity contribution in [3.63, 3.8) is 0 Å². The van der Waals surface area contributed by atoms with Crippen molar-refractivity contribution in [2.75, 3.05) is 19.7 Å². The van der Waals surface area contributed by atoms with Crippen LogP contribution in [0.25, 0.3) is 5.65 Å². The molecule has 4 rings (SSSR count). The molecule has 9 nitrogen and oxygen atoms in total. The number of carbonyl (C=O) groups is 1. The number of likely N-dealkylation sites (tertiary alicyclic amines) is 1. The molecule has 9 heteroatoms. The molecule has 0 saturated carbocycles. The van der Waals surface area contributed by atoms with E-state index in [1.165, 1.54) is 16.9 Å². The van der Waals surface area contributed by atoms with Gasteiger partial charge in [-0.3, -0.25) is 9.59 Å². The zero-order valence-electron chi connectivity index (χ0n) is 18.2. The summed E-state index contributed by atoms with van der Waals surface area (Å²) in [6.45, 7) is 8.20. The van der Waals surface area contributed by atoms with Gasteiger partial charge in [0.1, 0.15) is 6.54 Å². The Morgan fingerprint density at radius 1 is 1.19 bits per heavy atom. The van der Waals surface area contributed by atoms with Gasteiger partial charge < -0.3 is 9.64 Å². The number of hydrogen-bond donors (Lipinski definition) is 0. The number of piperidine rings is 1.